The Bertz CT molecular complexity index is 696. The second kappa shape index (κ2) is 5.74. The second-order valence-electron chi connectivity index (χ2n) is 4.54. The minimum absolute atomic E-state index is 0.0985. The number of nitrogens with zero attached hydrogens (tertiary/aromatic N) is 4. The molecule has 0 aliphatic rings. The second-order valence-corrected chi connectivity index (χ2v) is 4.54. The lowest BCUT2D eigenvalue weighted by atomic mass is 10.1. The molecule has 0 saturated heterocycles. The quantitative estimate of drug-likeness (QED) is 0.781. The van der Waals surface area contributed by atoms with Crippen molar-refractivity contribution < 1.29 is 8.81 Å². The topological polar surface area (TPSA) is 68.8 Å². The van der Waals surface area contributed by atoms with Crippen LogP contribution in [0.25, 0.3) is 5.69 Å². The predicted molar refractivity (Wildman–Crippen MR) is 74.5 cm³/mol. The molecular weight excluding hydrogens is 273 g/mol. The van der Waals surface area contributed by atoms with Crippen LogP contribution in [0.3, 0.4) is 0 Å². The highest BCUT2D eigenvalue weighted by atomic mass is 19.1. The van der Waals surface area contributed by atoms with Crippen LogP contribution in [-0.2, 0) is 0 Å². The van der Waals surface area contributed by atoms with Crippen molar-refractivity contribution in [1.29, 1.82) is 0 Å². The van der Waals surface area contributed by atoms with Gasteiger partial charge in [0.15, 0.2) is 0 Å². The molecule has 7 heteroatoms. The third-order valence-corrected chi connectivity index (χ3v) is 3.19. The number of rotatable bonds is 5. The molecule has 6 nitrogen and oxygen atoms in total. The maximum atomic E-state index is 14.0. The van der Waals surface area contributed by atoms with Gasteiger partial charge in [-0.25, -0.2) is 9.07 Å². The third-order valence-electron chi connectivity index (χ3n) is 3.19. The molecule has 0 bridgehead atoms. The summed E-state index contributed by atoms with van der Waals surface area (Å²) in [5, 5.41) is 14.1. The van der Waals surface area contributed by atoms with E-state index in [1.165, 1.54) is 17.1 Å². The van der Waals surface area contributed by atoms with Gasteiger partial charge < -0.3 is 9.73 Å². The van der Waals surface area contributed by atoms with Crippen molar-refractivity contribution in [3.63, 3.8) is 0 Å². The largest absolute Gasteiger partial charge is 0.467 e. The summed E-state index contributed by atoms with van der Waals surface area (Å²) >= 11 is 0. The van der Waals surface area contributed by atoms with Crippen molar-refractivity contribution in [2.45, 2.75) is 19.4 Å². The van der Waals surface area contributed by atoms with Gasteiger partial charge in [-0.2, -0.15) is 0 Å². The van der Waals surface area contributed by atoms with Gasteiger partial charge in [-0.15, -0.1) is 5.10 Å². The first-order valence-electron chi connectivity index (χ1n) is 6.60. The van der Waals surface area contributed by atoms with E-state index in [0.717, 1.165) is 12.2 Å². The molecule has 0 radical (unpaired) electrons. The van der Waals surface area contributed by atoms with E-state index in [9.17, 15) is 4.39 Å². The summed E-state index contributed by atoms with van der Waals surface area (Å²) in [6, 6.07) is 8.24. The van der Waals surface area contributed by atoms with Gasteiger partial charge in [-0.1, -0.05) is 6.92 Å². The van der Waals surface area contributed by atoms with Crippen LogP contribution >= 0.6 is 0 Å². The Balaban J connectivity index is 1.89. The van der Waals surface area contributed by atoms with Crippen LogP contribution in [0.4, 0.5) is 10.1 Å². The number of anilines is 1. The van der Waals surface area contributed by atoms with E-state index in [1.54, 1.807) is 18.4 Å². The van der Waals surface area contributed by atoms with Crippen LogP contribution in [0.5, 0.6) is 0 Å². The van der Waals surface area contributed by atoms with E-state index in [4.69, 9.17) is 4.42 Å². The normalized spacial score (nSPS) is 12.3. The molecule has 1 aromatic carbocycles. The molecule has 0 spiro atoms. The maximum Gasteiger partial charge on any atom is 0.146 e. The van der Waals surface area contributed by atoms with Crippen molar-refractivity contribution in [3.05, 3.63) is 54.5 Å². The Labute approximate surface area is 120 Å². The predicted octanol–water partition coefficient (Wildman–Crippen LogP) is 2.96. The van der Waals surface area contributed by atoms with Crippen LogP contribution in [-0.4, -0.2) is 20.2 Å². The van der Waals surface area contributed by atoms with Crippen LogP contribution in [0.15, 0.2) is 47.3 Å². The summed E-state index contributed by atoms with van der Waals surface area (Å²) in [6.45, 7) is 2.00. The first-order valence-corrected chi connectivity index (χ1v) is 6.60. The van der Waals surface area contributed by atoms with Crippen molar-refractivity contribution in [3.8, 4) is 5.69 Å². The maximum absolute atomic E-state index is 14.0. The molecule has 2 heterocycles. The molecule has 0 fully saturated rings. The van der Waals surface area contributed by atoms with Crippen molar-refractivity contribution in [2.24, 2.45) is 0 Å². The van der Waals surface area contributed by atoms with Crippen molar-refractivity contribution in [1.82, 2.24) is 20.2 Å². The lowest BCUT2D eigenvalue weighted by Crippen LogP contribution is -2.10. The molecule has 0 aliphatic carbocycles. The first kappa shape index (κ1) is 13.3. The lowest BCUT2D eigenvalue weighted by Gasteiger charge is -2.17. The van der Waals surface area contributed by atoms with Crippen LogP contribution in [0.2, 0.25) is 0 Å². The van der Waals surface area contributed by atoms with Crippen molar-refractivity contribution in [2.75, 3.05) is 5.32 Å². The summed E-state index contributed by atoms with van der Waals surface area (Å²) in [5.74, 6) is 0.432. The first-order chi connectivity index (χ1) is 10.3. The monoisotopic (exact) mass is 287 g/mol. The number of halogens is 1. The van der Waals surface area contributed by atoms with E-state index in [0.29, 0.717) is 11.4 Å². The summed E-state index contributed by atoms with van der Waals surface area (Å²) in [7, 11) is 0. The lowest BCUT2D eigenvalue weighted by molar-refractivity contribution is 0.472. The fourth-order valence-electron chi connectivity index (χ4n) is 2.10. The van der Waals surface area contributed by atoms with Crippen LogP contribution in [0.1, 0.15) is 25.1 Å². The van der Waals surface area contributed by atoms with Gasteiger partial charge in [0.25, 0.3) is 0 Å². The highest BCUT2D eigenvalue weighted by Gasteiger charge is 2.14. The van der Waals surface area contributed by atoms with E-state index in [2.05, 4.69) is 20.8 Å². The molecule has 0 aliphatic heterocycles. The zero-order valence-corrected chi connectivity index (χ0v) is 11.4. The number of benzene rings is 1. The van der Waals surface area contributed by atoms with E-state index < -0.39 is 0 Å². The zero-order chi connectivity index (χ0) is 14.7. The smallest absolute Gasteiger partial charge is 0.146 e. The van der Waals surface area contributed by atoms with E-state index in [1.807, 2.05) is 19.1 Å². The Hall–Kier alpha value is -2.70. The van der Waals surface area contributed by atoms with E-state index in [-0.39, 0.29) is 11.9 Å². The Morgan fingerprint density at radius 3 is 2.95 bits per heavy atom. The molecule has 0 amide bonds. The van der Waals surface area contributed by atoms with Crippen LogP contribution < -0.4 is 5.32 Å². The highest BCUT2D eigenvalue weighted by Crippen LogP contribution is 2.26. The van der Waals surface area contributed by atoms with Gasteiger partial charge >= 0.3 is 0 Å². The van der Waals surface area contributed by atoms with Gasteiger partial charge in [0.2, 0.25) is 0 Å². The van der Waals surface area contributed by atoms with Gasteiger partial charge in [0, 0.05) is 0 Å². The SMILES string of the molecule is CCC(Nc1cc(-n2cnnn2)ccc1F)c1ccco1. The molecule has 3 rings (SSSR count). The average molecular weight is 287 g/mol. The zero-order valence-electron chi connectivity index (χ0n) is 11.4. The number of tetrazole rings is 1. The standard InChI is InChI=1S/C14H14FN5O/c1-2-12(14-4-3-7-21-14)17-13-8-10(5-6-11(13)15)20-9-16-18-19-20/h3-9,12,17H,2H2,1H3. The van der Waals surface area contributed by atoms with Crippen molar-refractivity contribution >= 4 is 5.69 Å². The van der Waals surface area contributed by atoms with Gasteiger partial charge in [-0.3, -0.25) is 0 Å². The minimum atomic E-state index is -0.336. The number of hydrogen-bond donors (Lipinski definition) is 1. The molecule has 2 aromatic heterocycles. The Morgan fingerprint density at radius 2 is 2.29 bits per heavy atom. The summed E-state index contributed by atoms with van der Waals surface area (Å²) in [4.78, 5) is 0. The number of nitrogens with one attached hydrogen (secondary N) is 1. The number of aromatic nitrogens is 4. The molecule has 3 aromatic rings. The molecule has 1 unspecified atom stereocenters. The molecule has 1 N–H and O–H groups in total. The molecule has 1 atom stereocenters. The molecule has 21 heavy (non-hydrogen) atoms. The molecule has 0 saturated carbocycles. The average Bonchev–Trinajstić information content (AvgIpc) is 3.19. The fraction of sp³-hybridized carbons (Fsp3) is 0.214. The van der Waals surface area contributed by atoms with Gasteiger partial charge in [-0.05, 0) is 47.2 Å². The number of hydrogen-bond acceptors (Lipinski definition) is 5. The molecular formula is C14H14FN5O. The fourth-order valence-corrected chi connectivity index (χ4v) is 2.10. The van der Waals surface area contributed by atoms with Gasteiger partial charge in [0.1, 0.15) is 17.9 Å². The highest BCUT2D eigenvalue weighted by molar-refractivity contribution is 5.53. The minimum Gasteiger partial charge on any atom is -0.467 e. The number of furan rings is 1. The Kier molecular flexibility index (Phi) is 3.63. The third kappa shape index (κ3) is 2.76. The Morgan fingerprint density at radius 1 is 1.38 bits per heavy atom. The van der Waals surface area contributed by atoms with Gasteiger partial charge in [0.05, 0.1) is 23.7 Å². The summed E-state index contributed by atoms with van der Waals surface area (Å²) in [5.41, 5.74) is 1.06. The summed E-state index contributed by atoms with van der Waals surface area (Å²) < 4.78 is 20.8. The van der Waals surface area contributed by atoms with Crippen LogP contribution in [0, 0.1) is 5.82 Å². The molecule has 108 valence electrons. The van der Waals surface area contributed by atoms with E-state index >= 15 is 0 Å². The summed E-state index contributed by atoms with van der Waals surface area (Å²) in [6.07, 6.45) is 3.83.